The average Bonchev–Trinajstić information content (AvgIpc) is 2.83. The zero-order valence-electron chi connectivity index (χ0n) is 18.5. The average molecular weight is 459 g/mol. The highest BCUT2D eigenvalue weighted by molar-refractivity contribution is 7.89. The van der Waals surface area contributed by atoms with Gasteiger partial charge in [-0.15, -0.1) is 0 Å². The summed E-state index contributed by atoms with van der Waals surface area (Å²) in [5.41, 5.74) is 0.903. The largest absolute Gasteiger partial charge is 0.449 e. The molecule has 1 amide bonds. The number of carbonyl (C=O) groups is 2. The monoisotopic (exact) mass is 458 g/mol. The van der Waals surface area contributed by atoms with E-state index >= 15 is 0 Å². The predicted molar refractivity (Wildman–Crippen MR) is 121 cm³/mol. The molecule has 0 aromatic heterocycles. The molecule has 1 saturated heterocycles. The van der Waals surface area contributed by atoms with Crippen LogP contribution in [0.5, 0.6) is 0 Å². The fourth-order valence-electron chi connectivity index (χ4n) is 3.88. The molecular weight excluding hydrogens is 428 g/mol. The molecule has 2 unspecified atom stereocenters. The van der Waals surface area contributed by atoms with Crippen molar-refractivity contribution in [3.05, 3.63) is 65.7 Å². The molecule has 0 spiro atoms. The van der Waals surface area contributed by atoms with Crippen molar-refractivity contribution in [2.24, 2.45) is 0 Å². The summed E-state index contributed by atoms with van der Waals surface area (Å²) in [7, 11) is -3.82. The maximum atomic E-state index is 12.8. The summed E-state index contributed by atoms with van der Waals surface area (Å²) in [6.07, 6.45) is 2.92. The fourth-order valence-corrected chi connectivity index (χ4v) is 4.94. The maximum Gasteiger partial charge on any atom is 0.338 e. The van der Waals surface area contributed by atoms with Crippen LogP contribution < -0.4 is 4.72 Å². The third kappa shape index (κ3) is 5.95. The van der Waals surface area contributed by atoms with E-state index in [1.54, 1.807) is 11.8 Å². The van der Waals surface area contributed by atoms with Gasteiger partial charge in [-0.3, -0.25) is 4.79 Å². The highest BCUT2D eigenvalue weighted by Gasteiger charge is 2.30. The van der Waals surface area contributed by atoms with Crippen LogP contribution in [0.1, 0.15) is 55.5 Å². The van der Waals surface area contributed by atoms with Crippen LogP contribution in [-0.2, 0) is 26.1 Å². The Bertz CT molecular complexity index is 1040. The lowest BCUT2D eigenvalue weighted by molar-refractivity contribution is -0.143. The zero-order valence-corrected chi connectivity index (χ0v) is 19.3. The standard InChI is InChI=1S/C24H30N2O5S/c1-3-21-13-7-8-15-26(21)23(27)18(2)31-24(28)20-12-9-14-22(16-20)32(29,30)25-17-19-10-5-4-6-11-19/h4-6,9-12,14,16,18,21,25H,3,7-8,13,15,17H2,1-2H3. The second kappa shape index (κ2) is 10.7. The van der Waals surface area contributed by atoms with E-state index in [4.69, 9.17) is 4.74 Å². The van der Waals surface area contributed by atoms with Crippen molar-refractivity contribution in [2.45, 2.75) is 63.1 Å². The van der Waals surface area contributed by atoms with Gasteiger partial charge in [0.2, 0.25) is 10.0 Å². The fraction of sp³-hybridized carbons (Fsp3) is 0.417. The number of likely N-dealkylation sites (tertiary alicyclic amines) is 1. The first-order valence-electron chi connectivity index (χ1n) is 11.0. The van der Waals surface area contributed by atoms with Crippen molar-refractivity contribution < 1.29 is 22.7 Å². The Morgan fingerprint density at radius 1 is 1.12 bits per heavy atom. The van der Waals surface area contributed by atoms with Gasteiger partial charge in [0.15, 0.2) is 6.10 Å². The second-order valence-corrected chi connectivity index (χ2v) is 9.74. The van der Waals surface area contributed by atoms with Crippen molar-refractivity contribution in [1.29, 1.82) is 0 Å². The summed E-state index contributed by atoms with van der Waals surface area (Å²) < 4.78 is 33.3. The quantitative estimate of drug-likeness (QED) is 0.611. The second-order valence-electron chi connectivity index (χ2n) is 7.98. The lowest BCUT2D eigenvalue weighted by Crippen LogP contribution is -2.48. The molecule has 2 aromatic rings. The van der Waals surface area contributed by atoms with E-state index in [-0.39, 0.29) is 29.0 Å². The van der Waals surface area contributed by atoms with Gasteiger partial charge in [0, 0.05) is 19.1 Å². The summed E-state index contributed by atoms with van der Waals surface area (Å²) in [5, 5.41) is 0. The zero-order chi connectivity index (χ0) is 23.1. The first kappa shape index (κ1) is 23.9. The van der Waals surface area contributed by atoms with Gasteiger partial charge >= 0.3 is 5.97 Å². The summed E-state index contributed by atoms with van der Waals surface area (Å²) >= 11 is 0. The number of rotatable bonds is 8. The number of nitrogens with zero attached hydrogens (tertiary/aromatic N) is 1. The number of nitrogens with one attached hydrogen (secondary N) is 1. The molecule has 0 saturated carbocycles. The van der Waals surface area contributed by atoms with Gasteiger partial charge in [0.25, 0.3) is 5.91 Å². The van der Waals surface area contributed by atoms with E-state index in [1.807, 2.05) is 37.3 Å². The number of sulfonamides is 1. The molecule has 2 aromatic carbocycles. The predicted octanol–water partition coefficient (Wildman–Crippen LogP) is 3.50. The summed E-state index contributed by atoms with van der Waals surface area (Å²) in [6, 6.07) is 15.0. The molecular formula is C24H30N2O5S. The topological polar surface area (TPSA) is 92.8 Å². The van der Waals surface area contributed by atoms with Crippen LogP contribution in [0.25, 0.3) is 0 Å². The highest BCUT2D eigenvalue weighted by atomic mass is 32.2. The number of piperidine rings is 1. The maximum absolute atomic E-state index is 12.8. The number of amides is 1. The van der Waals surface area contributed by atoms with Gasteiger partial charge in [0.05, 0.1) is 10.5 Å². The molecule has 1 aliphatic heterocycles. The van der Waals surface area contributed by atoms with E-state index < -0.39 is 22.1 Å². The molecule has 2 atom stereocenters. The SMILES string of the molecule is CCC1CCCCN1C(=O)C(C)OC(=O)c1cccc(S(=O)(=O)NCc2ccccc2)c1. The Morgan fingerprint density at radius 3 is 2.59 bits per heavy atom. The first-order valence-corrected chi connectivity index (χ1v) is 12.4. The van der Waals surface area contributed by atoms with Crippen molar-refractivity contribution in [2.75, 3.05) is 6.54 Å². The summed E-state index contributed by atoms with van der Waals surface area (Å²) in [5.74, 6) is -0.936. The third-order valence-corrected chi connectivity index (χ3v) is 7.10. The molecule has 32 heavy (non-hydrogen) atoms. The molecule has 1 N–H and O–H groups in total. The molecule has 172 valence electrons. The Hall–Kier alpha value is -2.71. The van der Waals surface area contributed by atoms with Crippen molar-refractivity contribution in [3.63, 3.8) is 0 Å². The molecule has 0 bridgehead atoms. The molecule has 1 fully saturated rings. The number of carbonyl (C=O) groups excluding carboxylic acids is 2. The third-order valence-electron chi connectivity index (χ3n) is 5.70. The molecule has 0 aliphatic carbocycles. The van der Waals surface area contributed by atoms with E-state index in [0.717, 1.165) is 31.2 Å². The minimum absolute atomic E-state index is 0.0380. The van der Waals surface area contributed by atoms with E-state index in [9.17, 15) is 18.0 Å². The van der Waals surface area contributed by atoms with Crippen molar-refractivity contribution in [1.82, 2.24) is 9.62 Å². The van der Waals surface area contributed by atoms with Crippen LogP contribution in [0.3, 0.4) is 0 Å². The van der Waals surface area contributed by atoms with Gasteiger partial charge in [-0.2, -0.15) is 0 Å². The molecule has 1 aliphatic rings. The van der Waals surface area contributed by atoms with E-state index in [2.05, 4.69) is 4.72 Å². The molecule has 3 rings (SSSR count). The van der Waals surface area contributed by atoms with Gasteiger partial charge in [0.1, 0.15) is 0 Å². The minimum Gasteiger partial charge on any atom is -0.449 e. The van der Waals surface area contributed by atoms with E-state index in [0.29, 0.717) is 6.54 Å². The normalized spacial score (nSPS) is 17.6. The van der Waals surface area contributed by atoms with E-state index in [1.165, 1.54) is 24.3 Å². The van der Waals surface area contributed by atoms with Crippen molar-refractivity contribution in [3.8, 4) is 0 Å². The molecule has 8 heteroatoms. The van der Waals surface area contributed by atoms with Gasteiger partial charge in [-0.25, -0.2) is 17.9 Å². The number of hydrogen-bond acceptors (Lipinski definition) is 5. The Balaban J connectivity index is 1.66. The van der Waals surface area contributed by atoms with Gasteiger partial charge < -0.3 is 9.64 Å². The Kier molecular flexibility index (Phi) is 8.04. The Labute approximate surface area is 189 Å². The lowest BCUT2D eigenvalue weighted by Gasteiger charge is -2.36. The number of ether oxygens (including phenoxy) is 1. The van der Waals surface area contributed by atoms with Crippen LogP contribution in [0, 0.1) is 0 Å². The summed E-state index contributed by atoms with van der Waals surface area (Å²) in [6.45, 7) is 4.41. The summed E-state index contributed by atoms with van der Waals surface area (Å²) in [4.78, 5) is 27.2. The number of benzene rings is 2. The molecule has 1 heterocycles. The van der Waals surface area contributed by atoms with Gasteiger partial charge in [-0.1, -0.05) is 43.3 Å². The van der Waals surface area contributed by atoms with Crippen LogP contribution in [0.4, 0.5) is 0 Å². The van der Waals surface area contributed by atoms with Crippen LogP contribution in [0.2, 0.25) is 0 Å². The molecule has 7 nitrogen and oxygen atoms in total. The minimum atomic E-state index is -3.82. The van der Waals surface area contributed by atoms with Crippen LogP contribution >= 0.6 is 0 Å². The number of esters is 1. The lowest BCUT2D eigenvalue weighted by atomic mass is 9.99. The number of hydrogen-bond donors (Lipinski definition) is 1. The highest BCUT2D eigenvalue weighted by Crippen LogP contribution is 2.21. The first-order chi connectivity index (χ1) is 15.3. The van der Waals surface area contributed by atoms with Crippen LogP contribution in [-0.4, -0.2) is 43.9 Å². The van der Waals surface area contributed by atoms with Crippen molar-refractivity contribution >= 4 is 21.9 Å². The van der Waals surface area contributed by atoms with Crippen LogP contribution in [0.15, 0.2) is 59.5 Å². The van der Waals surface area contributed by atoms with Gasteiger partial charge in [-0.05, 0) is 56.4 Å². The smallest absolute Gasteiger partial charge is 0.338 e. The molecule has 0 radical (unpaired) electrons. The Morgan fingerprint density at radius 2 is 1.88 bits per heavy atom.